The van der Waals surface area contributed by atoms with Crippen molar-refractivity contribution < 1.29 is 5.11 Å². The summed E-state index contributed by atoms with van der Waals surface area (Å²) < 4.78 is 0.766. The maximum atomic E-state index is 8.76. The summed E-state index contributed by atoms with van der Waals surface area (Å²) in [7, 11) is 0. The van der Waals surface area contributed by atoms with E-state index in [1.165, 1.54) is 0 Å². The van der Waals surface area contributed by atoms with Crippen LogP contribution in [0.15, 0.2) is 16.7 Å². The van der Waals surface area contributed by atoms with Crippen LogP contribution >= 0.6 is 15.9 Å². The van der Waals surface area contributed by atoms with Crippen LogP contribution in [0.4, 0.5) is 0 Å². The lowest BCUT2D eigenvalue weighted by Gasteiger charge is -1.99. The second-order valence-electron chi connectivity index (χ2n) is 2.06. The van der Waals surface area contributed by atoms with E-state index in [1.54, 1.807) is 0 Å². The molecule has 0 saturated heterocycles. The second kappa shape index (κ2) is 3.12. The molecule has 0 atom stereocenters. The van der Waals surface area contributed by atoms with Crippen molar-refractivity contribution in [2.45, 2.75) is 13.5 Å². The number of rotatable bonds is 1. The Morgan fingerprint density at radius 2 is 2.30 bits per heavy atom. The van der Waals surface area contributed by atoms with Gasteiger partial charge >= 0.3 is 0 Å². The number of pyridine rings is 1. The molecule has 0 spiro atoms. The lowest BCUT2D eigenvalue weighted by atomic mass is 10.2. The standard InChI is InChI=1S/C7H8BrNO/c1-5-2-3-7(8)9-6(5)4-10/h2-3,10H,4H2,1H3. The first-order valence-corrected chi connectivity index (χ1v) is 3.76. The van der Waals surface area contributed by atoms with Crippen LogP contribution in [0.1, 0.15) is 11.3 Å². The number of halogens is 1. The van der Waals surface area contributed by atoms with Crippen molar-refractivity contribution in [2.24, 2.45) is 0 Å². The lowest BCUT2D eigenvalue weighted by molar-refractivity contribution is 0.276. The summed E-state index contributed by atoms with van der Waals surface area (Å²) in [6.07, 6.45) is 0. The van der Waals surface area contributed by atoms with Gasteiger partial charge in [-0.3, -0.25) is 0 Å². The zero-order valence-corrected chi connectivity index (χ0v) is 7.22. The Bertz CT molecular complexity index is 237. The van der Waals surface area contributed by atoms with Gasteiger partial charge in [-0.05, 0) is 34.5 Å². The SMILES string of the molecule is Cc1ccc(Br)nc1CO. The minimum Gasteiger partial charge on any atom is -0.390 e. The average Bonchev–Trinajstić information content (AvgIpc) is 1.94. The highest BCUT2D eigenvalue weighted by Crippen LogP contribution is 2.10. The Kier molecular flexibility index (Phi) is 2.40. The van der Waals surface area contributed by atoms with Gasteiger partial charge in [-0.1, -0.05) is 6.07 Å². The fourth-order valence-electron chi connectivity index (χ4n) is 0.704. The number of hydrogen-bond acceptors (Lipinski definition) is 2. The average molecular weight is 202 g/mol. The van der Waals surface area contributed by atoms with Crippen LogP contribution in [0.3, 0.4) is 0 Å². The summed E-state index contributed by atoms with van der Waals surface area (Å²) in [5, 5.41) is 8.76. The smallest absolute Gasteiger partial charge is 0.106 e. The quantitative estimate of drug-likeness (QED) is 0.702. The Morgan fingerprint density at radius 3 is 2.80 bits per heavy atom. The normalized spacial score (nSPS) is 9.90. The third-order valence-corrected chi connectivity index (χ3v) is 1.76. The van der Waals surface area contributed by atoms with Crippen LogP contribution in [0.25, 0.3) is 0 Å². The fraction of sp³-hybridized carbons (Fsp3) is 0.286. The van der Waals surface area contributed by atoms with E-state index in [2.05, 4.69) is 20.9 Å². The maximum Gasteiger partial charge on any atom is 0.106 e. The van der Waals surface area contributed by atoms with E-state index in [0.717, 1.165) is 15.9 Å². The molecule has 0 aliphatic heterocycles. The van der Waals surface area contributed by atoms with Crippen LogP contribution in [-0.2, 0) is 6.61 Å². The van der Waals surface area contributed by atoms with Crippen LogP contribution in [0.5, 0.6) is 0 Å². The van der Waals surface area contributed by atoms with Gasteiger partial charge in [0.15, 0.2) is 0 Å². The molecular formula is C7H8BrNO. The Balaban J connectivity index is 3.09. The topological polar surface area (TPSA) is 33.1 Å². The van der Waals surface area contributed by atoms with Crippen LogP contribution < -0.4 is 0 Å². The van der Waals surface area contributed by atoms with E-state index < -0.39 is 0 Å². The van der Waals surface area contributed by atoms with E-state index >= 15 is 0 Å². The zero-order chi connectivity index (χ0) is 7.56. The minimum absolute atomic E-state index is 0.00523. The monoisotopic (exact) mass is 201 g/mol. The van der Waals surface area contributed by atoms with E-state index in [1.807, 2.05) is 19.1 Å². The molecule has 3 heteroatoms. The van der Waals surface area contributed by atoms with Crippen molar-refractivity contribution in [3.63, 3.8) is 0 Å². The molecule has 2 nitrogen and oxygen atoms in total. The van der Waals surface area contributed by atoms with Gasteiger partial charge < -0.3 is 5.11 Å². The molecule has 1 rings (SSSR count). The highest BCUT2D eigenvalue weighted by molar-refractivity contribution is 9.10. The molecule has 0 saturated carbocycles. The predicted octanol–water partition coefficient (Wildman–Crippen LogP) is 1.64. The van der Waals surface area contributed by atoms with Crippen LogP contribution in [-0.4, -0.2) is 10.1 Å². The highest BCUT2D eigenvalue weighted by Gasteiger charge is 1.97. The van der Waals surface area contributed by atoms with Crippen molar-refractivity contribution in [1.29, 1.82) is 0 Å². The van der Waals surface area contributed by atoms with E-state index in [-0.39, 0.29) is 6.61 Å². The molecule has 0 radical (unpaired) electrons. The largest absolute Gasteiger partial charge is 0.390 e. The molecule has 10 heavy (non-hydrogen) atoms. The molecule has 0 aromatic carbocycles. The number of nitrogens with zero attached hydrogens (tertiary/aromatic N) is 1. The van der Waals surface area contributed by atoms with Gasteiger partial charge in [-0.15, -0.1) is 0 Å². The van der Waals surface area contributed by atoms with Gasteiger partial charge in [0.1, 0.15) is 4.60 Å². The zero-order valence-electron chi connectivity index (χ0n) is 5.63. The molecule has 1 aromatic heterocycles. The third-order valence-electron chi connectivity index (χ3n) is 1.32. The van der Waals surface area contributed by atoms with Crippen LogP contribution in [0, 0.1) is 6.92 Å². The highest BCUT2D eigenvalue weighted by atomic mass is 79.9. The van der Waals surface area contributed by atoms with Crippen molar-refractivity contribution in [2.75, 3.05) is 0 Å². The number of aromatic nitrogens is 1. The fourth-order valence-corrected chi connectivity index (χ4v) is 1.05. The van der Waals surface area contributed by atoms with Crippen molar-refractivity contribution in [3.05, 3.63) is 28.0 Å². The molecule has 0 amide bonds. The Labute approximate surface area is 68.0 Å². The summed E-state index contributed by atoms with van der Waals surface area (Å²) in [4.78, 5) is 4.06. The molecule has 0 unspecified atom stereocenters. The van der Waals surface area contributed by atoms with Gasteiger partial charge in [-0.25, -0.2) is 4.98 Å². The molecule has 0 aliphatic carbocycles. The third kappa shape index (κ3) is 1.55. The summed E-state index contributed by atoms with van der Waals surface area (Å²) in [6, 6.07) is 3.77. The lowest BCUT2D eigenvalue weighted by Crippen LogP contribution is -1.92. The number of aryl methyl sites for hydroxylation is 1. The number of aliphatic hydroxyl groups excluding tert-OH is 1. The summed E-state index contributed by atoms with van der Waals surface area (Å²) in [5.41, 5.74) is 1.75. The molecule has 0 aliphatic rings. The van der Waals surface area contributed by atoms with Gasteiger partial charge in [0.2, 0.25) is 0 Å². The van der Waals surface area contributed by atoms with Gasteiger partial charge in [0.25, 0.3) is 0 Å². The van der Waals surface area contributed by atoms with Gasteiger partial charge in [-0.2, -0.15) is 0 Å². The van der Waals surface area contributed by atoms with E-state index in [9.17, 15) is 0 Å². The Morgan fingerprint density at radius 1 is 1.60 bits per heavy atom. The summed E-state index contributed by atoms with van der Waals surface area (Å²) in [6.45, 7) is 1.93. The second-order valence-corrected chi connectivity index (χ2v) is 2.87. The van der Waals surface area contributed by atoms with Crippen molar-refractivity contribution in [3.8, 4) is 0 Å². The molecule has 1 N–H and O–H groups in total. The van der Waals surface area contributed by atoms with Gasteiger partial charge in [0, 0.05) is 0 Å². The van der Waals surface area contributed by atoms with Gasteiger partial charge in [0.05, 0.1) is 12.3 Å². The molecule has 1 heterocycles. The molecule has 0 fully saturated rings. The summed E-state index contributed by atoms with van der Waals surface area (Å²) in [5.74, 6) is 0. The first-order chi connectivity index (χ1) is 4.74. The van der Waals surface area contributed by atoms with Crippen LogP contribution in [0.2, 0.25) is 0 Å². The molecular weight excluding hydrogens is 194 g/mol. The summed E-state index contributed by atoms with van der Waals surface area (Å²) >= 11 is 3.21. The predicted molar refractivity (Wildman–Crippen MR) is 42.6 cm³/mol. The minimum atomic E-state index is 0.00523. The number of aliphatic hydroxyl groups is 1. The first-order valence-electron chi connectivity index (χ1n) is 2.97. The maximum absolute atomic E-state index is 8.76. The van der Waals surface area contributed by atoms with E-state index in [4.69, 9.17) is 5.11 Å². The van der Waals surface area contributed by atoms with Crippen molar-refractivity contribution >= 4 is 15.9 Å². The first kappa shape index (κ1) is 7.69. The molecule has 1 aromatic rings. The van der Waals surface area contributed by atoms with E-state index in [0.29, 0.717) is 0 Å². The number of hydrogen-bond donors (Lipinski definition) is 1. The molecule has 0 bridgehead atoms. The molecule has 54 valence electrons. The van der Waals surface area contributed by atoms with Crippen molar-refractivity contribution in [1.82, 2.24) is 4.98 Å². The Hall–Kier alpha value is -0.410.